The predicted molar refractivity (Wildman–Crippen MR) is 48.7 cm³/mol. The number of hydrogen-bond acceptors (Lipinski definition) is 2. The summed E-state index contributed by atoms with van der Waals surface area (Å²) in [6.45, 7) is 6.26. The molecule has 66 valence electrons. The average molecular weight is 166 g/mol. The van der Waals surface area contributed by atoms with E-state index in [0.29, 0.717) is 5.92 Å². The van der Waals surface area contributed by atoms with Gasteiger partial charge in [0, 0.05) is 17.7 Å². The second kappa shape index (κ2) is 3.09. The maximum absolute atomic E-state index is 10.9. The van der Waals surface area contributed by atoms with Crippen molar-refractivity contribution < 1.29 is 4.79 Å². The van der Waals surface area contributed by atoms with Crippen molar-refractivity contribution >= 4 is 12.1 Å². The molecule has 3 nitrogen and oxygen atoms in total. The van der Waals surface area contributed by atoms with E-state index >= 15 is 0 Å². The van der Waals surface area contributed by atoms with E-state index in [1.165, 1.54) is 6.08 Å². The summed E-state index contributed by atoms with van der Waals surface area (Å²) in [5.41, 5.74) is 2.29. The van der Waals surface area contributed by atoms with Gasteiger partial charge in [-0.3, -0.25) is 4.79 Å². The molecule has 1 N–H and O–H groups in total. The summed E-state index contributed by atoms with van der Waals surface area (Å²) in [5.74, 6) is 0.279. The summed E-state index contributed by atoms with van der Waals surface area (Å²) < 4.78 is 0. The van der Waals surface area contributed by atoms with Gasteiger partial charge < -0.3 is 0 Å². The van der Waals surface area contributed by atoms with E-state index in [1.54, 1.807) is 6.21 Å². The summed E-state index contributed by atoms with van der Waals surface area (Å²) in [6, 6.07) is 0. The maximum Gasteiger partial charge on any atom is 0.263 e. The number of rotatable bonds is 1. The van der Waals surface area contributed by atoms with Gasteiger partial charge in [0.25, 0.3) is 5.91 Å². The predicted octanol–water partition coefficient (Wildman–Crippen LogP) is 1.32. The fourth-order valence-corrected chi connectivity index (χ4v) is 0.912. The molecule has 0 aliphatic carbocycles. The van der Waals surface area contributed by atoms with E-state index < -0.39 is 0 Å². The molecular weight excluding hydrogens is 152 g/mol. The van der Waals surface area contributed by atoms with Crippen LogP contribution in [0.3, 0.4) is 0 Å². The Morgan fingerprint density at radius 2 is 2.25 bits per heavy atom. The monoisotopic (exact) mass is 166 g/mol. The third-order valence-corrected chi connectivity index (χ3v) is 2.36. The zero-order chi connectivity index (χ0) is 9.19. The molecule has 0 bridgehead atoms. The standard InChI is InChI=1S/C9H14N2O/c1-7(2)9(3)5-4-8(12)11-10-6-9/h4-7H,1-3H3,(H,11,12). The third-order valence-electron chi connectivity index (χ3n) is 2.36. The van der Waals surface area contributed by atoms with Crippen LogP contribution in [-0.4, -0.2) is 12.1 Å². The molecule has 0 saturated heterocycles. The molecular formula is C9H14N2O. The molecule has 1 amide bonds. The molecule has 0 saturated carbocycles. The minimum absolute atomic E-state index is 0.112. The van der Waals surface area contributed by atoms with Crippen molar-refractivity contribution in [1.82, 2.24) is 5.43 Å². The first-order chi connectivity index (χ1) is 5.54. The van der Waals surface area contributed by atoms with Gasteiger partial charge in [0.05, 0.1) is 0 Å². The highest BCUT2D eigenvalue weighted by atomic mass is 16.2. The van der Waals surface area contributed by atoms with Crippen molar-refractivity contribution in [2.45, 2.75) is 20.8 Å². The first kappa shape index (κ1) is 8.97. The number of carbonyl (C=O) groups is 1. The molecule has 0 aromatic rings. The van der Waals surface area contributed by atoms with E-state index in [2.05, 4.69) is 31.3 Å². The van der Waals surface area contributed by atoms with Gasteiger partial charge in [0.1, 0.15) is 0 Å². The maximum atomic E-state index is 10.9. The normalized spacial score (nSPS) is 28.8. The lowest BCUT2D eigenvalue weighted by atomic mass is 9.80. The van der Waals surface area contributed by atoms with Crippen LogP contribution in [0.25, 0.3) is 0 Å². The quantitative estimate of drug-likeness (QED) is 0.627. The Morgan fingerprint density at radius 3 is 2.83 bits per heavy atom. The zero-order valence-electron chi connectivity index (χ0n) is 7.66. The van der Waals surface area contributed by atoms with Crippen LogP contribution in [0.15, 0.2) is 17.3 Å². The van der Waals surface area contributed by atoms with Crippen LogP contribution >= 0.6 is 0 Å². The smallest absolute Gasteiger partial charge is 0.263 e. The summed E-state index contributed by atoms with van der Waals surface area (Å²) in [4.78, 5) is 10.9. The largest absolute Gasteiger partial charge is 0.268 e. The SMILES string of the molecule is CC(C)C1(C)C=CC(=O)NN=C1. The average Bonchev–Trinajstić information content (AvgIpc) is 2.15. The van der Waals surface area contributed by atoms with E-state index in [1.807, 2.05) is 6.08 Å². The van der Waals surface area contributed by atoms with Gasteiger partial charge in [-0.2, -0.15) is 5.10 Å². The fourth-order valence-electron chi connectivity index (χ4n) is 0.912. The Bertz CT molecular complexity index is 243. The third kappa shape index (κ3) is 1.72. The number of amides is 1. The van der Waals surface area contributed by atoms with Crippen LogP contribution in [0, 0.1) is 11.3 Å². The van der Waals surface area contributed by atoms with Crippen molar-refractivity contribution in [3.05, 3.63) is 12.2 Å². The Morgan fingerprint density at radius 1 is 1.58 bits per heavy atom. The van der Waals surface area contributed by atoms with Gasteiger partial charge in [-0.1, -0.05) is 26.8 Å². The van der Waals surface area contributed by atoms with Crippen molar-refractivity contribution in [1.29, 1.82) is 0 Å². The van der Waals surface area contributed by atoms with Crippen LogP contribution in [0.2, 0.25) is 0 Å². The first-order valence-electron chi connectivity index (χ1n) is 4.08. The lowest BCUT2D eigenvalue weighted by Gasteiger charge is -2.24. The van der Waals surface area contributed by atoms with Crippen molar-refractivity contribution in [2.24, 2.45) is 16.4 Å². The Labute approximate surface area is 72.5 Å². The molecule has 0 aromatic carbocycles. The highest BCUT2D eigenvalue weighted by Crippen LogP contribution is 2.26. The number of nitrogens with zero attached hydrogens (tertiary/aromatic N) is 1. The van der Waals surface area contributed by atoms with E-state index in [9.17, 15) is 4.79 Å². The van der Waals surface area contributed by atoms with E-state index in [4.69, 9.17) is 0 Å². The number of carbonyl (C=O) groups excluding carboxylic acids is 1. The highest BCUT2D eigenvalue weighted by Gasteiger charge is 2.24. The van der Waals surface area contributed by atoms with Gasteiger partial charge in [0.2, 0.25) is 0 Å². The van der Waals surface area contributed by atoms with E-state index in [-0.39, 0.29) is 11.3 Å². The lowest BCUT2D eigenvalue weighted by Crippen LogP contribution is -2.22. The minimum atomic E-state index is -0.157. The van der Waals surface area contributed by atoms with Gasteiger partial charge >= 0.3 is 0 Å². The van der Waals surface area contributed by atoms with Crippen molar-refractivity contribution in [2.75, 3.05) is 0 Å². The number of allylic oxidation sites excluding steroid dienone is 1. The second-order valence-electron chi connectivity index (χ2n) is 3.59. The van der Waals surface area contributed by atoms with Crippen molar-refractivity contribution in [3.8, 4) is 0 Å². The van der Waals surface area contributed by atoms with Gasteiger partial charge in [-0.15, -0.1) is 0 Å². The fraction of sp³-hybridized carbons (Fsp3) is 0.556. The molecule has 1 rings (SSSR count). The highest BCUT2D eigenvalue weighted by molar-refractivity contribution is 5.90. The molecule has 1 aliphatic heterocycles. The summed E-state index contributed by atoms with van der Waals surface area (Å²) in [7, 11) is 0. The molecule has 12 heavy (non-hydrogen) atoms. The second-order valence-corrected chi connectivity index (χ2v) is 3.59. The molecule has 3 heteroatoms. The van der Waals surface area contributed by atoms with Crippen LogP contribution < -0.4 is 5.43 Å². The topological polar surface area (TPSA) is 41.5 Å². The molecule has 0 spiro atoms. The zero-order valence-corrected chi connectivity index (χ0v) is 7.66. The van der Waals surface area contributed by atoms with Gasteiger partial charge in [-0.25, -0.2) is 5.43 Å². The minimum Gasteiger partial charge on any atom is -0.268 e. The Kier molecular flexibility index (Phi) is 2.31. The molecule has 1 heterocycles. The van der Waals surface area contributed by atoms with Gasteiger partial charge in [0.15, 0.2) is 0 Å². The molecule has 1 aliphatic rings. The molecule has 1 atom stereocenters. The van der Waals surface area contributed by atoms with Crippen LogP contribution in [0.1, 0.15) is 20.8 Å². The molecule has 0 radical (unpaired) electrons. The molecule has 1 unspecified atom stereocenters. The summed E-state index contributed by atoms with van der Waals surface area (Å²) in [5, 5.41) is 3.84. The van der Waals surface area contributed by atoms with Gasteiger partial charge in [-0.05, 0) is 5.92 Å². The van der Waals surface area contributed by atoms with Crippen LogP contribution in [0.5, 0.6) is 0 Å². The first-order valence-corrected chi connectivity index (χ1v) is 4.08. The van der Waals surface area contributed by atoms with Crippen LogP contribution in [0.4, 0.5) is 0 Å². The van der Waals surface area contributed by atoms with Crippen molar-refractivity contribution in [3.63, 3.8) is 0 Å². The molecule has 0 aromatic heterocycles. The number of hydrazone groups is 1. The number of hydrogen-bond donors (Lipinski definition) is 1. The molecule has 0 fully saturated rings. The number of nitrogens with one attached hydrogen (secondary N) is 1. The summed E-state index contributed by atoms with van der Waals surface area (Å²) >= 11 is 0. The Balaban J connectivity index is 2.91. The summed E-state index contributed by atoms with van der Waals surface area (Å²) in [6.07, 6.45) is 5.20. The van der Waals surface area contributed by atoms with E-state index in [0.717, 1.165) is 0 Å². The Hall–Kier alpha value is -1.12. The van der Waals surface area contributed by atoms with Crippen LogP contribution in [-0.2, 0) is 4.79 Å². The lowest BCUT2D eigenvalue weighted by molar-refractivity contribution is -0.116.